The highest BCUT2D eigenvalue weighted by atomic mass is 16.5. The van der Waals surface area contributed by atoms with Crippen molar-refractivity contribution in [1.29, 1.82) is 0 Å². The topological polar surface area (TPSA) is 34.1 Å². The lowest BCUT2D eigenvalue weighted by atomic mass is 9.92. The van der Waals surface area contributed by atoms with Crippen LogP contribution < -0.4 is 10.1 Å². The van der Waals surface area contributed by atoms with E-state index in [9.17, 15) is 0 Å². The Kier molecular flexibility index (Phi) is 3.85. The number of hydrogen-bond acceptors (Lipinski definition) is 3. The lowest BCUT2D eigenvalue weighted by Gasteiger charge is -2.20. The molecule has 1 heterocycles. The van der Waals surface area contributed by atoms with Gasteiger partial charge >= 0.3 is 0 Å². The van der Waals surface area contributed by atoms with Crippen molar-refractivity contribution < 1.29 is 4.74 Å². The maximum absolute atomic E-state index is 5.40. The van der Waals surface area contributed by atoms with E-state index in [4.69, 9.17) is 9.72 Å². The van der Waals surface area contributed by atoms with Crippen molar-refractivity contribution in [2.24, 2.45) is 11.3 Å². The van der Waals surface area contributed by atoms with Crippen molar-refractivity contribution in [3.05, 3.63) is 36.0 Å². The lowest BCUT2D eigenvalue weighted by molar-refractivity contribution is 0.337. The zero-order chi connectivity index (χ0) is 14.9. The molecule has 1 aromatic heterocycles. The van der Waals surface area contributed by atoms with Gasteiger partial charge < -0.3 is 10.1 Å². The summed E-state index contributed by atoms with van der Waals surface area (Å²) in [5.41, 5.74) is 2.56. The third-order valence-electron chi connectivity index (χ3n) is 4.86. The Balaban J connectivity index is 1.70. The summed E-state index contributed by atoms with van der Waals surface area (Å²) in [7, 11) is 1.70. The van der Waals surface area contributed by atoms with E-state index < -0.39 is 0 Å². The summed E-state index contributed by atoms with van der Waals surface area (Å²) in [6, 6.07) is 10.3. The van der Waals surface area contributed by atoms with Crippen LogP contribution in [0.15, 0.2) is 30.3 Å². The summed E-state index contributed by atoms with van der Waals surface area (Å²) in [5.74, 6) is 1.60. The lowest BCUT2D eigenvalue weighted by Crippen LogP contribution is -2.27. The standard InChI is InChI=1S/C18H24N2O/c1-13(2)18(9-10-18)12-19-11-15-8-7-14-5-4-6-16(21-3)17(14)20-15/h4-8,13,19H,9-12H2,1-3H3. The highest BCUT2D eigenvalue weighted by molar-refractivity contribution is 5.84. The fraction of sp³-hybridized carbons (Fsp3) is 0.500. The normalized spacial score (nSPS) is 16.4. The first-order chi connectivity index (χ1) is 10.1. The second-order valence-electron chi connectivity index (χ2n) is 6.46. The number of rotatable bonds is 6. The molecule has 1 fully saturated rings. The molecule has 1 aliphatic rings. The molecule has 1 aliphatic carbocycles. The van der Waals surface area contributed by atoms with Crippen molar-refractivity contribution in [1.82, 2.24) is 10.3 Å². The van der Waals surface area contributed by atoms with Crippen LogP contribution in [0.5, 0.6) is 5.75 Å². The van der Waals surface area contributed by atoms with E-state index in [-0.39, 0.29) is 0 Å². The van der Waals surface area contributed by atoms with Crippen LogP contribution in [0, 0.1) is 11.3 Å². The average Bonchev–Trinajstić information content (AvgIpc) is 3.28. The van der Waals surface area contributed by atoms with Crippen LogP contribution in [0.2, 0.25) is 0 Å². The number of nitrogens with zero attached hydrogens (tertiary/aromatic N) is 1. The molecule has 1 aromatic carbocycles. The summed E-state index contributed by atoms with van der Waals surface area (Å²) in [4.78, 5) is 4.74. The monoisotopic (exact) mass is 284 g/mol. The first-order valence-corrected chi connectivity index (χ1v) is 7.78. The Morgan fingerprint density at radius 1 is 1.24 bits per heavy atom. The van der Waals surface area contributed by atoms with E-state index in [0.29, 0.717) is 5.41 Å². The third kappa shape index (κ3) is 2.88. The number of para-hydroxylation sites is 1. The third-order valence-corrected chi connectivity index (χ3v) is 4.86. The Morgan fingerprint density at radius 2 is 2.05 bits per heavy atom. The predicted molar refractivity (Wildman–Crippen MR) is 86.5 cm³/mol. The molecule has 1 saturated carbocycles. The van der Waals surface area contributed by atoms with Crippen molar-refractivity contribution >= 4 is 10.9 Å². The number of aromatic nitrogens is 1. The van der Waals surface area contributed by atoms with Crippen LogP contribution in [0.3, 0.4) is 0 Å². The van der Waals surface area contributed by atoms with Crippen molar-refractivity contribution in [3.8, 4) is 5.75 Å². The number of ether oxygens (including phenoxy) is 1. The van der Waals surface area contributed by atoms with Crippen molar-refractivity contribution in [3.63, 3.8) is 0 Å². The minimum Gasteiger partial charge on any atom is -0.494 e. The van der Waals surface area contributed by atoms with Gasteiger partial charge in [0.2, 0.25) is 0 Å². The highest BCUT2D eigenvalue weighted by Gasteiger charge is 2.44. The zero-order valence-corrected chi connectivity index (χ0v) is 13.1. The molecule has 1 N–H and O–H groups in total. The molecule has 21 heavy (non-hydrogen) atoms. The molecule has 3 rings (SSSR count). The molecule has 0 radical (unpaired) electrons. The smallest absolute Gasteiger partial charge is 0.145 e. The van der Waals surface area contributed by atoms with Gasteiger partial charge in [0.15, 0.2) is 0 Å². The second-order valence-corrected chi connectivity index (χ2v) is 6.46. The van der Waals surface area contributed by atoms with Gasteiger partial charge in [-0.15, -0.1) is 0 Å². The Morgan fingerprint density at radius 3 is 2.71 bits per heavy atom. The van der Waals surface area contributed by atoms with Crippen LogP contribution in [0.4, 0.5) is 0 Å². The fourth-order valence-electron chi connectivity index (χ4n) is 2.98. The maximum atomic E-state index is 5.40. The van der Waals surface area contributed by atoms with Crippen molar-refractivity contribution in [2.45, 2.75) is 33.2 Å². The van der Waals surface area contributed by atoms with Gasteiger partial charge in [-0.1, -0.05) is 32.0 Å². The van der Waals surface area contributed by atoms with Gasteiger partial charge in [0.1, 0.15) is 11.3 Å². The SMILES string of the molecule is COc1cccc2ccc(CNCC3(C(C)C)CC3)nc12. The van der Waals surface area contributed by atoms with E-state index in [2.05, 4.69) is 37.4 Å². The Labute approximate surface area is 126 Å². The second kappa shape index (κ2) is 5.64. The largest absolute Gasteiger partial charge is 0.494 e. The molecule has 3 nitrogen and oxygen atoms in total. The summed E-state index contributed by atoms with van der Waals surface area (Å²) >= 11 is 0. The van der Waals surface area contributed by atoms with E-state index in [1.807, 2.05) is 12.1 Å². The van der Waals surface area contributed by atoms with Gasteiger partial charge in [-0.3, -0.25) is 0 Å². The van der Waals surface area contributed by atoms with Gasteiger partial charge in [-0.2, -0.15) is 0 Å². The number of hydrogen-bond donors (Lipinski definition) is 1. The fourth-order valence-corrected chi connectivity index (χ4v) is 2.98. The van der Waals surface area contributed by atoms with E-state index in [0.717, 1.165) is 41.4 Å². The summed E-state index contributed by atoms with van der Waals surface area (Å²) < 4.78 is 5.40. The van der Waals surface area contributed by atoms with Crippen LogP contribution in [0.1, 0.15) is 32.4 Å². The van der Waals surface area contributed by atoms with Gasteiger partial charge in [0.05, 0.1) is 12.8 Å². The molecule has 112 valence electrons. The van der Waals surface area contributed by atoms with Crippen LogP contribution >= 0.6 is 0 Å². The molecule has 0 aliphatic heterocycles. The number of fused-ring (bicyclic) bond motifs is 1. The molecule has 0 bridgehead atoms. The quantitative estimate of drug-likeness (QED) is 0.877. The average molecular weight is 284 g/mol. The maximum Gasteiger partial charge on any atom is 0.145 e. The molecule has 0 atom stereocenters. The highest BCUT2D eigenvalue weighted by Crippen LogP contribution is 2.51. The van der Waals surface area contributed by atoms with Gasteiger partial charge in [-0.05, 0) is 36.3 Å². The first-order valence-electron chi connectivity index (χ1n) is 7.78. The van der Waals surface area contributed by atoms with Gasteiger partial charge in [0, 0.05) is 18.5 Å². The molecule has 0 spiro atoms. The first kappa shape index (κ1) is 14.3. The molecule has 0 unspecified atom stereocenters. The molecule has 3 heteroatoms. The number of benzene rings is 1. The Bertz CT molecular complexity index is 632. The van der Waals surface area contributed by atoms with Crippen LogP contribution in [-0.4, -0.2) is 18.6 Å². The summed E-state index contributed by atoms with van der Waals surface area (Å²) in [6.07, 6.45) is 2.72. The summed E-state index contributed by atoms with van der Waals surface area (Å²) in [6.45, 7) is 6.57. The number of pyridine rings is 1. The predicted octanol–water partition coefficient (Wildman–Crippen LogP) is 3.77. The Hall–Kier alpha value is -1.61. The zero-order valence-electron chi connectivity index (χ0n) is 13.1. The van der Waals surface area contributed by atoms with Gasteiger partial charge in [-0.25, -0.2) is 4.98 Å². The van der Waals surface area contributed by atoms with E-state index in [1.54, 1.807) is 7.11 Å². The summed E-state index contributed by atoms with van der Waals surface area (Å²) in [5, 5.41) is 4.71. The molecular weight excluding hydrogens is 260 g/mol. The molecular formula is C18H24N2O. The number of nitrogens with one attached hydrogen (secondary N) is 1. The van der Waals surface area contributed by atoms with Crippen LogP contribution in [-0.2, 0) is 6.54 Å². The molecule has 0 saturated heterocycles. The van der Waals surface area contributed by atoms with Gasteiger partial charge in [0.25, 0.3) is 0 Å². The van der Waals surface area contributed by atoms with Crippen LogP contribution in [0.25, 0.3) is 10.9 Å². The number of methoxy groups -OCH3 is 1. The molecule has 2 aromatic rings. The van der Waals surface area contributed by atoms with E-state index in [1.165, 1.54) is 12.8 Å². The minimum atomic E-state index is 0.536. The molecule has 0 amide bonds. The van der Waals surface area contributed by atoms with E-state index >= 15 is 0 Å². The minimum absolute atomic E-state index is 0.536. The van der Waals surface area contributed by atoms with Crippen molar-refractivity contribution in [2.75, 3.05) is 13.7 Å².